The van der Waals surface area contributed by atoms with E-state index in [2.05, 4.69) is 90.4 Å². The van der Waals surface area contributed by atoms with Crippen LogP contribution in [0.15, 0.2) is 55.9 Å². The SMILES string of the molecule is CC(Nc1ccc(Br)cc1Br)c1ccc(Br)cc1. The van der Waals surface area contributed by atoms with Crippen LogP contribution in [0.1, 0.15) is 18.5 Å². The smallest absolute Gasteiger partial charge is 0.0490 e. The van der Waals surface area contributed by atoms with Gasteiger partial charge in [0.05, 0.1) is 0 Å². The van der Waals surface area contributed by atoms with Gasteiger partial charge in [-0.2, -0.15) is 0 Å². The number of nitrogens with one attached hydrogen (secondary N) is 1. The van der Waals surface area contributed by atoms with E-state index in [0.717, 1.165) is 19.1 Å². The van der Waals surface area contributed by atoms with Crippen LogP contribution in [0, 0.1) is 0 Å². The molecule has 0 aliphatic carbocycles. The van der Waals surface area contributed by atoms with Crippen molar-refractivity contribution in [2.75, 3.05) is 5.32 Å². The third kappa shape index (κ3) is 3.59. The quantitative estimate of drug-likeness (QED) is 0.612. The molecule has 18 heavy (non-hydrogen) atoms. The molecule has 0 aliphatic rings. The molecule has 1 N–H and O–H groups in total. The first-order chi connectivity index (χ1) is 8.56. The van der Waals surface area contributed by atoms with Crippen molar-refractivity contribution in [3.8, 4) is 0 Å². The number of hydrogen-bond acceptors (Lipinski definition) is 1. The predicted molar refractivity (Wildman–Crippen MR) is 88.0 cm³/mol. The van der Waals surface area contributed by atoms with Gasteiger partial charge in [-0.25, -0.2) is 0 Å². The van der Waals surface area contributed by atoms with Crippen molar-refractivity contribution in [1.29, 1.82) is 0 Å². The number of anilines is 1. The van der Waals surface area contributed by atoms with Crippen molar-refractivity contribution in [3.63, 3.8) is 0 Å². The number of halogens is 3. The molecule has 0 radical (unpaired) electrons. The van der Waals surface area contributed by atoms with Crippen LogP contribution in [0.5, 0.6) is 0 Å². The number of hydrogen-bond donors (Lipinski definition) is 1. The van der Waals surface area contributed by atoms with Crippen molar-refractivity contribution in [1.82, 2.24) is 0 Å². The Balaban J connectivity index is 2.15. The third-order valence-corrected chi connectivity index (χ3v) is 4.35. The van der Waals surface area contributed by atoms with E-state index < -0.39 is 0 Å². The van der Waals surface area contributed by atoms with Gasteiger partial charge in [0.2, 0.25) is 0 Å². The lowest BCUT2D eigenvalue weighted by Gasteiger charge is -2.17. The Morgan fingerprint density at radius 1 is 0.889 bits per heavy atom. The van der Waals surface area contributed by atoms with Gasteiger partial charge in [-0.3, -0.25) is 0 Å². The van der Waals surface area contributed by atoms with E-state index in [0.29, 0.717) is 0 Å². The summed E-state index contributed by atoms with van der Waals surface area (Å²) in [6.45, 7) is 2.15. The summed E-state index contributed by atoms with van der Waals surface area (Å²) in [7, 11) is 0. The van der Waals surface area contributed by atoms with Crippen LogP contribution in [0.4, 0.5) is 5.69 Å². The summed E-state index contributed by atoms with van der Waals surface area (Å²) < 4.78 is 3.22. The number of benzene rings is 2. The molecule has 0 saturated heterocycles. The maximum atomic E-state index is 3.56. The standard InChI is InChI=1S/C14H12Br3N/c1-9(10-2-4-11(15)5-3-10)18-14-7-6-12(16)8-13(14)17/h2-9,18H,1H3. The minimum atomic E-state index is 0.260. The maximum Gasteiger partial charge on any atom is 0.0490 e. The van der Waals surface area contributed by atoms with Crippen LogP contribution in [-0.2, 0) is 0 Å². The second-order valence-electron chi connectivity index (χ2n) is 4.04. The Kier molecular flexibility index (Phi) is 4.87. The zero-order valence-corrected chi connectivity index (χ0v) is 14.5. The maximum absolute atomic E-state index is 3.56. The summed E-state index contributed by atoms with van der Waals surface area (Å²) in [5.41, 5.74) is 2.35. The van der Waals surface area contributed by atoms with Crippen molar-refractivity contribution in [3.05, 3.63) is 61.4 Å². The van der Waals surface area contributed by atoms with Gasteiger partial charge in [-0.1, -0.05) is 44.0 Å². The topological polar surface area (TPSA) is 12.0 Å². The largest absolute Gasteiger partial charge is 0.378 e. The van der Waals surface area contributed by atoms with Gasteiger partial charge in [-0.15, -0.1) is 0 Å². The molecular formula is C14H12Br3N. The second kappa shape index (κ2) is 6.22. The predicted octanol–water partition coefficient (Wildman–Crippen LogP) is 6.15. The van der Waals surface area contributed by atoms with Gasteiger partial charge in [0.1, 0.15) is 0 Å². The van der Waals surface area contributed by atoms with Gasteiger partial charge in [0.15, 0.2) is 0 Å². The Hall–Kier alpha value is -0.320. The summed E-state index contributed by atoms with van der Waals surface area (Å²) in [5.74, 6) is 0. The van der Waals surface area contributed by atoms with E-state index in [4.69, 9.17) is 0 Å². The molecule has 2 rings (SSSR count). The zero-order valence-electron chi connectivity index (χ0n) is 9.75. The van der Waals surface area contributed by atoms with Crippen LogP contribution in [0.3, 0.4) is 0 Å². The van der Waals surface area contributed by atoms with Gasteiger partial charge < -0.3 is 5.32 Å². The van der Waals surface area contributed by atoms with Crippen molar-refractivity contribution in [2.24, 2.45) is 0 Å². The molecule has 2 aromatic rings. The average molecular weight is 434 g/mol. The van der Waals surface area contributed by atoms with Gasteiger partial charge in [-0.05, 0) is 58.7 Å². The normalized spacial score (nSPS) is 12.2. The molecule has 4 heteroatoms. The highest BCUT2D eigenvalue weighted by molar-refractivity contribution is 9.11. The highest BCUT2D eigenvalue weighted by atomic mass is 79.9. The van der Waals surface area contributed by atoms with Crippen molar-refractivity contribution >= 4 is 53.5 Å². The van der Waals surface area contributed by atoms with E-state index in [9.17, 15) is 0 Å². The summed E-state index contributed by atoms with van der Waals surface area (Å²) in [5, 5.41) is 3.49. The van der Waals surface area contributed by atoms with E-state index in [1.54, 1.807) is 0 Å². The van der Waals surface area contributed by atoms with Crippen LogP contribution < -0.4 is 5.32 Å². The molecule has 2 aromatic carbocycles. The Labute approximate surface area is 132 Å². The molecule has 94 valence electrons. The van der Waals surface area contributed by atoms with E-state index in [1.807, 2.05) is 12.1 Å². The van der Waals surface area contributed by atoms with Crippen LogP contribution >= 0.6 is 47.8 Å². The summed E-state index contributed by atoms with van der Waals surface area (Å²) in [4.78, 5) is 0. The lowest BCUT2D eigenvalue weighted by molar-refractivity contribution is 0.883. The molecule has 0 amide bonds. The van der Waals surface area contributed by atoms with Gasteiger partial charge in [0, 0.05) is 25.1 Å². The van der Waals surface area contributed by atoms with E-state index in [-0.39, 0.29) is 6.04 Å². The Bertz CT molecular complexity index is 537. The molecule has 1 unspecified atom stereocenters. The van der Waals surface area contributed by atoms with Crippen molar-refractivity contribution in [2.45, 2.75) is 13.0 Å². The summed E-state index contributed by atoms with van der Waals surface area (Å²) in [6, 6.07) is 14.7. The average Bonchev–Trinajstić information content (AvgIpc) is 2.33. The highest BCUT2D eigenvalue weighted by Crippen LogP contribution is 2.29. The molecule has 1 nitrogen and oxygen atoms in total. The first-order valence-electron chi connectivity index (χ1n) is 5.53. The molecule has 0 heterocycles. The second-order valence-corrected chi connectivity index (χ2v) is 6.73. The van der Waals surface area contributed by atoms with Gasteiger partial charge >= 0.3 is 0 Å². The van der Waals surface area contributed by atoms with Gasteiger partial charge in [0.25, 0.3) is 0 Å². The monoisotopic (exact) mass is 431 g/mol. The fourth-order valence-electron chi connectivity index (χ4n) is 1.67. The van der Waals surface area contributed by atoms with Crippen molar-refractivity contribution < 1.29 is 0 Å². The first kappa shape index (κ1) is 14.1. The minimum absolute atomic E-state index is 0.260. The fourth-order valence-corrected chi connectivity index (χ4v) is 3.10. The molecule has 0 saturated carbocycles. The summed E-state index contributed by atoms with van der Waals surface area (Å²) >= 11 is 10.5. The lowest BCUT2D eigenvalue weighted by Crippen LogP contribution is -2.06. The molecule has 0 aliphatic heterocycles. The molecule has 0 bridgehead atoms. The molecule has 0 fully saturated rings. The third-order valence-electron chi connectivity index (χ3n) is 2.67. The molecular weight excluding hydrogens is 422 g/mol. The van der Waals surface area contributed by atoms with Crippen LogP contribution in [0.25, 0.3) is 0 Å². The summed E-state index contributed by atoms with van der Waals surface area (Å²) in [6.07, 6.45) is 0. The zero-order chi connectivity index (χ0) is 13.1. The fraction of sp³-hybridized carbons (Fsp3) is 0.143. The lowest BCUT2D eigenvalue weighted by atomic mass is 10.1. The molecule has 1 atom stereocenters. The van der Waals surface area contributed by atoms with Crippen LogP contribution in [0.2, 0.25) is 0 Å². The number of rotatable bonds is 3. The Morgan fingerprint density at radius 2 is 1.50 bits per heavy atom. The molecule has 0 aromatic heterocycles. The minimum Gasteiger partial charge on any atom is -0.378 e. The Morgan fingerprint density at radius 3 is 2.11 bits per heavy atom. The van der Waals surface area contributed by atoms with E-state index in [1.165, 1.54) is 5.56 Å². The van der Waals surface area contributed by atoms with E-state index >= 15 is 0 Å². The first-order valence-corrected chi connectivity index (χ1v) is 7.91. The van der Waals surface area contributed by atoms with Crippen LogP contribution in [-0.4, -0.2) is 0 Å². The molecule has 0 spiro atoms. The highest BCUT2D eigenvalue weighted by Gasteiger charge is 2.07.